The van der Waals surface area contributed by atoms with Crippen molar-refractivity contribution < 1.29 is 0 Å². The second kappa shape index (κ2) is 4.90. The van der Waals surface area contributed by atoms with Crippen LogP contribution in [0.5, 0.6) is 0 Å². The van der Waals surface area contributed by atoms with Gasteiger partial charge >= 0.3 is 0 Å². The molecule has 2 unspecified atom stereocenters. The first kappa shape index (κ1) is 13.7. The van der Waals surface area contributed by atoms with Crippen molar-refractivity contribution in [3.8, 4) is 0 Å². The Morgan fingerprint density at radius 1 is 1.15 bits per heavy atom. The number of piperidine rings is 1. The highest BCUT2D eigenvalue weighted by Crippen LogP contribution is 2.39. The summed E-state index contributed by atoms with van der Waals surface area (Å²) in [5.74, 6) is 3.35. The van der Waals surface area contributed by atoms with Gasteiger partial charge in [0.05, 0.1) is 0 Å². The standard InChI is InChI=1S/C16H26N4/c1-16(2,3)15-18-13(17)10-14(19-15)20-9-5-7-11-6-4-8-12(11)20/h10-12H,4-9H2,1-3H3,(H2,17,18,19). The molecule has 3 rings (SSSR count). The van der Waals surface area contributed by atoms with Crippen LogP contribution in [0.25, 0.3) is 0 Å². The van der Waals surface area contributed by atoms with Gasteiger partial charge in [0.1, 0.15) is 17.5 Å². The molecular formula is C16H26N4. The minimum atomic E-state index is -0.0605. The van der Waals surface area contributed by atoms with Crippen molar-refractivity contribution in [1.29, 1.82) is 0 Å². The van der Waals surface area contributed by atoms with E-state index in [9.17, 15) is 0 Å². The van der Waals surface area contributed by atoms with Gasteiger partial charge in [-0.05, 0) is 31.6 Å². The van der Waals surface area contributed by atoms with E-state index in [4.69, 9.17) is 10.7 Å². The first-order valence-corrected chi connectivity index (χ1v) is 7.87. The van der Waals surface area contributed by atoms with Crippen LogP contribution < -0.4 is 10.6 Å². The van der Waals surface area contributed by atoms with Gasteiger partial charge in [-0.3, -0.25) is 0 Å². The minimum absolute atomic E-state index is 0.0605. The maximum absolute atomic E-state index is 6.02. The fourth-order valence-electron chi connectivity index (χ4n) is 3.67. The molecule has 2 heterocycles. The second-order valence-electron chi connectivity index (χ2n) is 7.32. The average molecular weight is 274 g/mol. The summed E-state index contributed by atoms with van der Waals surface area (Å²) < 4.78 is 0. The zero-order valence-corrected chi connectivity index (χ0v) is 12.9. The molecule has 1 aliphatic carbocycles. The number of rotatable bonds is 1. The van der Waals surface area contributed by atoms with E-state index >= 15 is 0 Å². The summed E-state index contributed by atoms with van der Waals surface area (Å²) in [5, 5.41) is 0. The Morgan fingerprint density at radius 3 is 2.65 bits per heavy atom. The molecule has 1 saturated heterocycles. The van der Waals surface area contributed by atoms with Crippen LogP contribution in [-0.4, -0.2) is 22.6 Å². The molecule has 0 bridgehead atoms. The van der Waals surface area contributed by atoms with E-state index in [2.05, 4.69) is 30.7 Å². The van der Waals surface area contributed by atoms with Crippen LogP contribution in [0.15, 0.2) is 6.07 Å². The van der Waals surface area contributed by atoms with Crippen LogP contribution in [0.3, 0.4) is 0 Å². The molecular weight excluding hydrogens is 248 g/mol. The number of anilines is 2. The summed E-state index contributed by atoms with van der Waals surface area (Å²) in [5.41, 5.74) is 5.96. The lowest BCUT2D eigenvalue weighted by molar-refractivity contribution is 0.360. The SMILES string of the molecule is CC(C)(C)c1nc(N)cc(N2CCCC3CCCC32)n1. The van der Waals surface area contributed by atoms with E-state index in [1.807, 2.05) is 6.07 Å². The third-order valence-electron chi connectivity index (χ3n) is 4.69. The highest BCUT2D eigenvalue weighted by Gasteiger charge is 2.36. The molecule has 20 heavy (non-hydrogen) atoms. The fourth-order valence-corrected chi connectivity index (χ4v) is 3.67. The quantitative estimate of drug-likeness (QED) is 0.855. The van der Waals surface area contributed by atoms with Crippen LogP contribution in [0, 0.1) is 5.92 Å². The monoisotopic (exact) mass is 274 g/mol. The number of hydrogen-bond donors (Lipinski definition) is 1. The zero-order chi connectivity index (χ0) is 14.3. The number of nitrogens with zero attached hydrogens (tertiary/aromatic N) is 3. The number of hydrogen-bond acceptors (Lipinski definition) is 4. The van der Waals surface area contributed by atoms with Crippen LogP contribution in [0.1, 0.15) is 58.7 Å². The van der Waals surface area contributed by atoms with E-state index in [-0.39, 0.29) is 5.41 Å². The molecule has 2 N–H and O–H groups in total. The predicted molar refractivity (Wildman–Crippen MR) is 82.9 cm³/mol. The fraction of sp³-hybridized carbons (Fsp3) is 0.750. The lowest BCUT2D eigenvalue weighted by atomic mass is 9.92. The molecule has 1 aromatic rings. The molecule has 1 saturated carbocycles. The lowest BCUT2D eigenvalue weighted by Gasteiger charge is -2.39. The van der Waals surface area contributed by atoms with Crippen molar-refractivity contribution in [2.24, 2.45) is 5.92 Å². The summed E-state index contributed by atoms with van der Waals surface area (Å²) >= 11 is 0. The smallest absolute Gasteiger partial charge is 0.138 e. The second-order valence-corrected chi connectivity index (χ2v) is 7.32. The van der Waals surface area contributed by atoms with Crippen LogP contribution in [-0.2, 0) is 5.41 Å². The molecule has 2 aliphatic rings. The molecule has 0 spiro atoms. The van der Waals surface area contributed by atoms with Crippen molar-refractivity contribution in [2.45, 2.75) is 64.3 Å². The van der Waals surface area contributed by atoms with E-state index in [1.165, 1.54) is 32.1 Å². The van der Waals surface area contributed by atoms with E-state index < -0.39 is 0 Å². The van der Waals surface area contributed by atoms with Crippen molar-refractivity contribution >= 4 is 11.6 Å². The van der Waals surface area contributed by atoms with E-state index in [0.29, 0.717) is 11.9 Å². The summed E-state index contributed by atoms with van der Waals surface area (Å²) in [6.45, 7) is 7.53. The Labute approximate surface area is 121 Å². The van der Waals surface area contributed by atoms with Gasteiger partial charge in [0.2, 0.25) is 0 Å². The van der Waals surface area contributed by atoms with Crippen molar-refractivity contribution in [3.63, 3.8) is 0 Å². The van der Waals surface area contributed by atoms with Crippen molar-refractivity contribution in [1.82, 2.24) is 9.97 Å². The lowest BCUT2D eigenvalue weighted by Crippen LogP contribution is -2.43. The topological polar surface area (TPSA) is 55.0 Å². The van der Waals surface area contributed by atoms with Crippen LogP contribution >= 0.6 is 0 Å². The van der Waals surface area contributed by atoms with Crippen LogP contribution in [0.2, 0.25) is 0 Å². The van der Waals surface area contributed by atoms with Gasteiger partial charge in [-0.1, -0.05) is 27.2 Å². The Kier molecular flexibility index (Phi) is 3.35. The van der Waals surface area contributed by atoms with Gasteiger partial charge in [-0.25, -0.2) is 9.97 Å². The Morgan fingerprint density at radius 2 is 1.90 bits per heavy atom. The normalized spacial score (nSPS) is 26.6. The Hall–Kier alpha value is -1.32. The summed E-state index contributed by atoms with van der Waals surface area (Å²) in [7, 11) is 0. The number of nitrogens with two attached hydrogens (primary N) is 1. The average Bonchev–Trinajstić information content (AvgIpc) is 2.84. The molecule has 4 nitrogen and oxygen atoms in total. The molecule has 4 heteroatoms. The molecule has 2 atom stereocenters. The molecule has 0 aromatic carbocycles. The maximum atomic E-state index is 6.02. The molecule has 110 valence electrons. The summed E-state index contributed by atoms with van der Waals surface area (Å²) in [6, 6.07) is 2.63. The maximum Gasteiger partial charge on any atom is 0.138 e. The van der Waals surface area contributed by atoms with Crippen molar-refractivity contribution in [2.75, 3.05) is 17.2 Å². The number of nitrogen functional groups attached to an aromatic ring is 1. The third kappa shape index (κ3) is 2.48. The molecule has 0 radical (unpaired) electrons. The molecule has 0 amide bonds. The van der Waals surface area contributed by atoms with Gasteiger partial charge in [0.25, 0.3) is 0 Å². The number of aromatic nitrogens is 2. The third-order valence-corrected chi connectivity index (χ3v) is 4.69. The summed E-state index contributed by atoms with van der Waals surface area (Å²) in [4.78, 5) is 11.7. The Balaban J connectivity index is 1.95. The van der Waals surface area contributed by atoms with E-state index in [1.54, 1.807) is 0 Å². The van der Waals surface area contributed by atoms with Gasteiger partial charge in [-0.15, -0.1) is 0 Å². The largest absolute Gasteiger partial charge is 0.384 e. The summed E-state index contributed by atoms with van der Waals surface area (Å²) in [6.07, 6.45) is 6.70. The van der Waals surface area contributed by atoms with Crippen molar-refractivity contribution in [3.05, 3.63) is 11.9 Å². The molecule has 2 fully saturated rings. The van der Waals surface area contributed by atoms with Gasteiger partial charge < -0.3 is 10.6 Å². The highest BCUT2D eigenvalue weighted by molar-refractivity contribution is 5.49. The van der Waals surface area contributed by atoms with Gasteiger partial charge in [-0.2, -0.15) is 0 Å². The Bertz CT molecular complexity index is 492. The minimum Gasteiger partial charge on any atom is -0.384 e. The first-order valence-electron chi connectivity index (χ1n) is 7.87. The highest BCUT2D eigenvalue weighted by atomic mass is 15.2. The number of fused-ring (bicyclic) bond motifs is 1. The van der Waals surface area contributed by atoms with E-state index in [0.717, 1.165) is 24.1 Å². The molecule has 1 aliphatic heterocycles. The van der Waals surface area contributed by atoms with Crippen LogP contribution in [0.4, 0.5) is 11.6 Å². The van der Waals surface area contributed by atoms with Gasteiger partial charge in [0.15, 0.2) is 0 Å². The van der Waals surface area contributed by atoms with Gasteiger partial charge in [0, 0.05) is 24.1 Å². The molecule has 1 aromatic heterocycles. The zero-order valence-electron chi connectivity index (χ0n) is 12.9. The predicted octanol–water partition coefficient (Wildman–Crippen LogP) is 3.13. The first-order chi connectivity index (χ1) is 9.45.